The lowest BCUT2D eigenvalue weighted by Gasteiger charge is -2.15. The molecule has 3 aromatic carbocycles. The smallest absolute Gasteiger partial charge is 0.270 e. The predicted molar refractivity (Wildman–Crippen MR) is 139 cm³/mol. The highest BCUT2D eigenvalue weighted by Crippen LogP contribution is 2.38. The number of ether oxygens (including phenoxy) is 1. The maximum absolute atomic E-state index is 13.0. The van der Waals surface area contributed by atoms with Crippen molar-refractivity contribution < 1.29 is 14.5 Å². The number of rotatable bonds is 6. The van der Waals surface area contributed by atoms with E-state index in [0.29, 0.717) is 25.7 Å². The number of thiocarbonyl (C=S) groups is 1. The van der Waals surface area contributed by atoms with E-state index >= 15 is 0 Å². The van der Waals surface area contributed by atoms with E-state index in [1.54, 1.807) is 42.5 Å². The summed E-state index contributed by atoms with van der Waals surface area (Å²) in [5.41, 5.74) is 2.23. The van der Waals surface area contributed by atoms with Gasteiger partial charge < -0.3 is 4.74 Å². The molecule has 0 saturated carbocycles. The van der Waals surface area contributed by atoms with Crippen LogP contribution in [0.1, 0.15) is 11.1 Å². The van der Waals surface area contributed by atoms with Gasteiger partial charge in [-0.05, 0) is 75.6 Å². The van der Waals surface area contributed by atoms with Gasteiger partial charge >= 0.3 is 0 Å². The first kappa shape index (κ1) is 23.4. The van der Waals surface area contributed by atoms with Crippen LogP contribution in [-0.4, -0.2) is 15.2 Å². The van der Waals surface area contributed by atoms with E-state index in [4.69, 9.17) is 28.6 Å². The second-order valence-corrected chi connectivity index (χ2v) is 9.84. The normalized spacial score (nSPS) is 14.7. The van der Waals surface area contributed by atoms with Crippen LogP contribution in [0.15, 0.2) is 76.1 Å². The number of hydrogen-bond donors (Lipinski definition) is 0. The van der Waals surface area contributed by atoms with Crippen LogP contribution in [0.2, 0.25) is 5.02 Å². The summed E-state index contributed by atoms with van der Waals surface area (Å²) in [5, 5.41) is 11.3. The number of carbonyl (C=O) groups is 1. The van der Waals surface area contributed by atoms with Gasteiger partial charge in [0.05, 0.1) is 20.5 Å². The van der Waals surface area contributed by atoms with Crippen molar-refractivity contribution in [3.63, 3.8) is 0 Å². The Bertz CT molecular complexity index is 1300. The van der Waals surface area contributed by atoms with E-state index in [2.05, 4.69) is 15.9 Å². The van der Waals surface area contributed by atoms with E-state index in [1.807, 2.05) is 18.2 Å². The number of nitro benzene ring substituents is 1. The average molecular weight is 562 g/mol. The summed E-state index contributed by atoms with van der Waals surface area (Å²) < 4.78 is 6.98. The summed E-state index contributed by atoms with van der Waals surface area (Å²) >= 11 is 16.2. The minimum Gasteiger partial charge on any atom is -0.489 e. The Morgan fingerprint density at radius 1 is 1.15 bits per heavy atom. The molecule has 1 heterocycles. The molecule has 10 heteroatoms. The van der Waals surface area contributed by atoms with Gasteiger partial charge in [-0.15, -0.1) is 0 Å². The SMILES string of the molecule is O=C1/C(=C\c2cccc(OCc3ccc([N+](=O)[O-])cc3)c2)SC(=S)N1c1ccc(Br)c(Cl)c1. The van der Waals surface area contributed by atoms with Crippen LogP contribution in [-0.2, 0) is 11.4 Å². The van der Waals surface area contributed by atoms with Gasteiger partial charge in [0.1, 0.15) is 12.4 Å². The van der Waals surface area contributed by atoms with Crippen LogP contribution < -0.4 is 9.64 Å². The number of non-ortho nitro benzene ring substituents is 1. The van der Waals surface area contributed by atoms with E-state index in [-0.39, 0.29) is 18.2 Å². The number of hydrogen-bond acceptors (Lipinski definition) is 6. The number of halogens is 2. The third-order valence-electron chi connectivity index (χ3n) is 4.66. The van der Waals surface area contributed by atoms with E-state index < -0.39 is 4.92 Å². The molecule has 1 saturated heterocycles. The van der Waals surface area contributed by atoms with Gasteiger partial charge in [-0.3, -0.25) is 19.8 Å². The van der Waals surface area contributed by atoms with Gasteiger partial charge in [-0.1, -0.05) is 47.7 Å². The predicted octanol–water partition coefficient (Wildman–Crippen LogP) is 7.00. The summed E-state index contributed by atoms with van der Waals surface area (Å²) in [5.74, 6) is 0.387. The molecule has 1 aliphatic heterocycles. The van der Waals surface area contributed by atoms with Crippen LogP contribution in [0, 0.1) is 10.1 Å². The molecule has 3 aromatic rings. The van der Waals surface area contributed by atoms with Crippen molar-refractivity contribution in [3.8, 4) is 5.75 Å². The molecule has 1 aliphatic rings. The molecular weight excluding hydrogens is 548 g/mol. The molecule has 0 bridgehead atoms. The standard InChI is InChI=1S/C23H14BrClN2O4S2/c24-19-9-8-17(12-20(19)25)26-22(28)21(33-23(26)32)11-15-2-1-3-18(10-15)31-13-14-4-6-16(7-5-14)27(29)30/h1-12H,13H2/b21-11+. The third kappa shape index (κ3) is 5.44. The molecule has 1 fully saturated rings. The summed E-state index contributed by atoms with van der Waals surface area (Å²) in [4.78, 5) is 25.3. The number of carbonyl (C=O) groups excluding carboxylic acids is 1. The van der Waals surface area contributed by atoms with Crippen LogP contribution >= 0.6 is 51.5 Å². The van der Waals surface area contributed by atoms with Gasteiger partial charge in [0.2, 0.25) is 0 Å². The maximum atomic E-state index is 13.0. The Balaban J connectivity index is 1.48. The maximum Gasteiger partial charge on any atom is 0.270 e. The van der Waals surface area contributed by atoms with Crippen molar-refractivity contribution >= 4 is 79.2 Å². The molecule has 166 valence electrons. The Hall–Kier alpha value is -2.72. The Labute approximate surface area is 212 Å². The fourth-order valence-corrected chi connectivity index (χ4v) is 4.76. The molecule has 33 heavy (non-hydrogen) atoms. The first-order valence-electron chi connectivity index (χ1n) is 9.51. The Morgan fingerprint density at radius 2 is 1.91 bits per heavy atom. The molecular formula is C23H14BrClN2O4S2. The molecule has 0 N–H and O–H groups in total. The summed E-state index contributed by atoms with van der Waals surface area (Å²) in [6, 6.07) is 18.7. The number of amides is 1. The van der Waals surface area contributed by atoms with Gasteiger partial charge in [-0.2, -0.15) is 0 Å². The highest BCUT2D eigenvalue weighted by Gasteiger charge is 2.33. The second kappa shape index (κ2) is 10.0. The molecule has 0 atom stereocenters. The van der Waals surface area contributed by atoms with Crippen molar-refractivity contribution in [3.05, 3.63) is 102 Å². The van der Waals surface area contributed by atoms with Crippen molar-refractivity contribution in [1.82, 2.24) is 0 Å². The number of nitro groups is 1. The number of benzene rings is 3. The quantitative estimate of drug-likeness (QED) is 0.140. The number of thioether (sulfide) groups is 1. The molecule has 0 spiro atoms. The lowest BCUT2D eigenvalue weighted by Crippen LogP contribution is -2.27. The Morgan fingerprint density at radius 3 is 2.61 bits per heavy atom. The molecule has 0 aromatic heterocycles. The van der Waals surface area contributed by atoms with Crippen molar-refractivity contribution in [1.29, 1.82) is 0 Å². The first-order chi connectivity index (χ1) is 15.8. The molecule has 4 rings (SSSR count). The molecule has 0 radical (unpaired) electrons. The number of anilines is 1. The van der Waals surface area contributed by atoms with E-state index in [1.165, 1.54) is 28.8 Å². The van der Waals surface area contributed by atoms with Crippen LogP contribution in [0.3, 0.4) is 0 Å². The highest BCUT2D eigenvalue weighted by molar-refractivity contribution is 9.10. The average Bonchev–Trinajstić information content (AvgIpc) is 3.07. The Kier molecular flexibility index (Phi) is 7.14. The molecule has 0 unspecified atom stereocenters. The fourth-order valence-electron chi connectivity index (χ4n) is 3.04. The molecule has 1 amide bonds. The van der Waals surface area contributed by atoms with Crippen LogP contribution in [0.25, 0.3) is 6.08 Å². The van der Waals surface area contributed by atoms with Crippen LogP contribution in [0.5, 0.6) is 5.75 Å². The zero-order valence-corrected chi connectivity index (χ0v) is 20.7. The first-order valence-corrected chi connectivity index (χ1v) is 11.9. The molecule has 0 aliphatic carbocycles. The van der Waals surface area contributed by atoms with E-state index in [9.17, 15) is 14.9 Å². The van der Waals surface area contributed by atoms with Crippen molar-refractivity contribution in [2.24, 2.45) is 0 Å². The number of nitrogens with zero attached hydrogens (tertiary/aromatic N) is 2. The monoisotopic (exact) mass is 560 g/mol. The lowest BCUT2D eigenvalue weighted by atomic mass is 10.2. The van der Waals surface area contributed by atoms with E-state index in [0.717, 1.165) is 15.6 Å². The van der Waals surface area contributed by atoms with Crippen molar-refractivity contribution in [2.45, 2.75) is 6.61 Å². The van der Waals surface area contributed by atoms with Gasteiger partial charge in [0, 0.05) is 16.6 Å². The molecule has 6 nitrogen and oxygen atoms in total. The zero-order chi connectivity index (χ0) is 23.5. The minimum absolute atomic E-state index is 0.0310. The topological polar surface area (TPSA) is 72.7 Å². The minimum atomic E-state index is -0.442. The van der Waals surface area contributed by atoms with Gasteiger partial charge in [-0.25, -0.2) is 0 Å². The largest absolute Gasteiger partial charge is 0.489 e. The van der Waals surface area contributed by atoms with Gasteiger partial charge in [0.25, 0.3) is 11.6 Å². The fraction of sp³-hybridized carbons (Fsp3) is 0.0435. The zero-order valence-electron chi connectivity index (χ0n) is 16.7. The lowest BCUT2D eigenvalue weighted by molar-refractivity contribution is -0.384. The third-order valence-corrected chi connectivity index (χ3v) is 7.20. The second-order valence-electron chi connectivity index (χ2n) is 6.90. The highest BCUT2D eigenvalue weighted by atomic mass is 79.9. The summed E-state index contributed by atoms with van der Waals surface area (Å²) in [6.45, 7) is 0.258. The van der Waals surface area contributed by atoms with Crippen molar-refractivity contribution in [2.75, 3.05) is 4.90 Å². The summed E-state index contributed by atoms with van der Waals surface area (Å²) in [7, 11) is 0. The van der Waals surface area contributed by atoms with Crippen LogP contribution in [0.4, 0.5) is 11.4 Å². The van der Waals surface area contributed by atoms with Gasteiger partial charge in [0.15, 0.2) is 4.32 Å². The summed E-state index contributed by atoms with van der Waals surface area (Å²) in [6.07, 6.45) is 1.76.